The molecule has 1 aliphatic rings. The van der Waals surface area contributed by atoms with Crippen LogP contribution in [0.3, 0.4) is 0 Å². The van der Waals surface area contributed by atoms with Crippen LogP contribution in [-0.2, 0) is 19.5 Å². The zero-order chi connectivity index (χ0) is 14.1. The zero-order valence-electron chi connectivity index (χ0n) is 11.1. The minimum Gasteiger partial charge on any atom is -0.398 e. The van der Waals surface area contributed by atoms with Gasteiger partial charge in [0.25, 0.3) is 0 Å². The maximum atomic E-state index is 13.7. The van der Waals surface area contributed by atoms with E-state index < -0.39 is 11.6 Å². The van der Waals surface area contributed by atoms with Crippen LogP contribution in [0.1, 0.15) is 16.7 Å². The molecule has 0 saturated carbocycles. The number of fused-ring (bicyclic) bond motifs is 1. The van der Waals surface area contributed by atoms with Crippen LogP contribution >= 0.6 is 0 Å². The molecular weight excluding hydrogens is 258 g/mol. The molecule has 0 fully saturated rings. The van der Waals surface area contributed by atoms with Crippen LogP contribution in [0.15, 0.2) is 36.4 Å². The number of rotatable bonds is 2. The molecule has 0 spiro atoms. The minimum absolute atomic E-state index is 0.392. The molecule has 2 aromatic carbocycles. The molecule has 1 heterocycles. The first kappa shape index (κ1) is 13.1. The van der Waals surface area contributed by atoms with Gasteiger partial charge >= 0.3 is 0 Å². The summed E-state index contributed by atoms with van der Waals surface area (Å²) in [4.78, 5) is 2.09. The van der Waals surface area contributed by atoms with Crippen molar-refractivity contribution in [2.24, 2.45) is 0 Å². The van der Waals surface area contributed by atoms with Crippen molar-refractivity contribution in [2.45, 2.75) is 19.5 Å². The first-order valence-corrected chi connectivity index (χ1v) is 6.66. The molecule has 2 N–H and O–H groups in total. The fourth-order valence-electron chi connectivity index (χ4n) is 2.71. The van der Waals surface area contributed by atoms with E-state index in [1.807, 2.05) is 12.1 Å². The van der Waals surface area contributed by atoms with Gasteiger partial charge in [0, 0.05) is 30.9 Å². The summed E-state index contributed by atoms with van der Waals surface area (Å²) in [7, 11) is 0. The van der Waals surface area contributed by atoms with E-state index in [1.54, 1.807) is 12.1 Å². The second kappa shape index (κ2) is 5.21. The summed E-state index contributed by atoms with van der Waals surface area (Å²) in [6.07, 6.45) is 0.886. The Labute approximate surface area is 116 Å². The van der Waals surface area contributed by atoms with Gasteiger partial charge in [-0.25, -0.2) is 8.78 Å². The van der Waals surface area contributed by atoms with E-state index in [9.17, 15) is 8.78 Å². The smallest absolute Gasteiger partial charge is 0.163 e. The highest BCUT2D eigenvalue weighted by Gasteiger charge is 2.19. The summed E-state index contributed by atoms with van der Waals surface area (Å²) in [6, 6.07) is 10.2. The third kappa shape index (κ3) is 2.39. The zero-order valence-corrected chi connectivity index (χ0v) is 11.1. The van der Waals surface area contributed by atoms with Crippen molar-refractivity contribution in [3.63, 3.8) is 0 Å². The van der Waals surface area contributed by atoms with E-state index in [0.717, 1.165) is 30.3 Å². The standard InChI is InChI=1S/C16H16F2N2/c17-14-5-1-4-12(16(14)18)9-20-8-7-11-3-2-6-15(19)13(11)10-20/h1-6H,7-10,19H2. The van der Waals surface area contributed by atoms with Crippen molar-refractivity contribution in [1.82, 2.24) is 4.90 Å². The second-order valence-electron chi connectivity index (χ2n) is 5.16. The lowest BCUT2D eigenvalue weighted by Crippen LogP contribution is -2.31. The molecule has 0 aliphatic carbocycles. The maximum absolute atomic E-state index is 13.7. The number of hydrogen-bond acceptors (Lipinski definition) is 2. The van der Waals surface area contributed by atoms with Gasteiger partial charge in [0.1, 0.15) is 0 Å². The van der Waals surface area contributed by atoms with Crippen LogP contribution in [0.2, 0.25) is 0 Å². The topological polar surface area (TPSA) is 29.3 Å². The summed E-state index contributed by atoms with van der Waals surface area (Å²) in [5.74, 6) is -1.54. The van der Waals surface area contributed by atoms with Gasteiger partial charge in [0.05, 0.1) is 0 Å². The van der Waals surface area contributed by atoms with E-state index in [1.165, 1.54) is 5.56 Å². The molecule has 0 atom stereocenters. The SMILES string of the molecule is Nc1cccc2c1CN(Cc1cccc(F)c1F)CC2. The van der Waals surface area contributed by atoms with Crippen molar-refractivity contribution in [3.05, 3.63) is 64.7 Å². The first-order valence-electron chi connectivity index (χ1n) is 6.66. The Hall–Kier alpha value is -1.94. The Balaban J connectivity index is 1.81. The predicted octanol–water partition coefficient (Wildman–Crippen LogP) is 3.11. The molecule has 0 radical (unpaired) electrons. The quantitative estimate of drug-likeness (QED) is 0.853. The van der Waals surface area contributed by atoms with Gasteiger partial charge in [0.2, 0.25) is 0 Å². The molecule has 0 amide bonds. The highest BCUT2D eigenvalue weighted by atomic mass is 19.2. The van der Waals surface area contributed by atoms with Gasteiger partial charge < -0.3 is 5.73 Å². The lowest BCUT2D eigenvalue weighted by molar-refractivity contribution is 0.241. The van der Waals surface area contributed by atoms with E-state index in [-0.39, 0.29) is 0 Å². The lowest BCUT2D eigenvalue weighted by Gasteiger charge is -2.29. The Kier molecular flexibility index (Phi) is 3.40. The van der Waals surface area contributed by atoms with Gasteiger partial charge in [-0.05, 0) is 29.7 Å². The maximum Gasteiger partial charge on any atom is 0.163 e. The molecule has 104 valence electrons. The molecule has 2 aromatic rings. The summed E-state index contributed by atoms with van der Waals surface area (Å²) < 4.78 is 26.9. The van der Waals surface area contributed by atoms with E-state index in [2.05, 4.69) is 11.0 Å². The summed E-state index contributed by atoms with van der Waals surface area (Å²) in [5, 5.41) is 0. The molecule has 0 bridgehead atoms. The molecule has 0 aromatic heterocycles. The highest BCUT2D eigenvalue weighted by molar-refractivity contribution is 5.51. The van der Waals surface area contributed by atoms with Crippen molar-refractivity contribution >= 4 is 5.69 Å². The molecule has 2 nitrogen and oxygen atoms in total. The molecule has 3 rings (SSSR count). The van der Waals surface area contributed by atoms with Crippen molar-refractivity contribution < 1.29 is 8.78 Å². The molecule has 4 heteroatoms. The molecule has 1 aliphatic heterocycles. The minimum atomic E-state index is -0.792. The number of nitrogens with two attached hydrogens (primary N) is 1. The van der Waals surface area contributed by atoms with Gasteiger partial charge in [0.15, 0.2) is 11.6 Å². The highest BCUT2D eigenvalue weighted by Crippen LogP contribution is 2.25. The molecule has 0 saturated heterocycles. The Morgan fingerprint density at radius 2 is 1.90 bits per heavy atom. The fourth-order valence-corrected chi connectivity index (χ4v) is 2.71. The summed E-state index contributed by atoms with van der Waals surface area (Å²) in [5.41, 5.74) is 9.51. The predicted molar refractivity (Wildman–Crippen MR) is 75.0 cm³/mol. The normalized spacial score (nSPS) is 15.1. The lowest BCUT2D eigenvalue weighted by atomic mass is 9.98. The van der Waals surface area contributed by atoms with Gasteiger partial charge in [-0.15, -0.1) is 0 Å². The van der Waals surface area contributed by atoms with E-state index in [0.29, 0.717) is 18.7 Å². The van der Waals surface area contributed by atoms with Crippen molar-refractivity contribution in [1.29, 1.82) is 0 Å². The Morgan fingerprint density at radius 3 is 2.75 bits per heavy atom. The van der Waals surface area contributed by atoms with E-state index >= 15 is 0 Å². The summed E-state index contributed by atoms with van der Waals surface area (Å²) in [6.45, 7) is 1.90. The van der Waals surface area contributed by atoms with Crippen LogP contribution in [0, 0.1) is 11.6 Å². The number of benzene rings is 2. The molecule has 0 unspecified atom stereocenters. The fraction of sp³-hybridized carbons (Fsp3) is 0.250. The number of nitrogen functional groups attached to an aromatic ring is 1. The van der Waals surface area contributed by atoms with Crippen LogP contribution in [-0.4, -0.2) is 11.4 Å². The van der Waals surface area contributed by atoms with E-state index in [4.69, 9.17) is 5.73 Å². The van der Waals surface area contributed by atoms with Gasteiger partial charge in [-0.1, -0.05) is 24.3 Å². The van der Waals surface area contributed by atoms with Crippen molar-refractivity contribution in [3.8, 4) is 0 Å². The number of hydrogen-bond donors (Lipinski definition) is 1. The Morgan fingerprint density at radius 1 is 1.10 bits per heavy atom. The van der Waals surface area contributed by atoms with Crippen LogP contribution in [0.25, 0.3) is 0 Å². The first-order chi connectivity index (χ1) is 9.65. The average molecular weight is 274 g/mol. The number of anilines is 1. The summed E-state index contributed by atoms with van der Waals surface area (Å²) >= 11 is 0. The monoisotopic (exact) mass is 274 g/mol. The molecule has 20 heavy (non-hydrogen) atoms. The number of halogens is 2. The van der Waals surface area contributed by atoms with Crippen LogP contribution in [0.4, 0.5) is 14.5 Å². The number of nitrogens with zero attached hydrogens (tertiary/aromatic N) is 1. The largest absolute Gasteiger partial charge is 0.398 e. The van der Waals surface area contributed by atoms with Gasteiger partial charge in [-0.2, -0.15) is 0 Å². The van der Waals surface area contributed by atoms with Crippen LogP contribution in [0.5, 0.6) is 0 Å². The Bertz CT molecular complexity index is 640. The third-order valence-electron chi connectivity index (χ3n) is 3.81. The average Bonchev–Trinajstić information content (AvgIpc) is 2.45. The van der Waals surface area contributed by atoms with Gasteiger partial charge in [-0.3, -0.25) is 4.90 Å². The third-order valence-corrected chi connectivity index (χ3v) is 3.81. The van der Waals surface area contributed by atoms with Crippen LogP contribution < -0.4 is 5.73 Å². The molecular formula is C16H16F2N2. The second-order valence-corrected chi connectivity index (χ2v) is 5.16. The van der Waals surface area contributed by atoms with Crippen molar-refractivity contribution in [2.75, 3.05) is 12.3 Å².